The molecular weight excluding hydrogens is 184 g/mol. The van der Waals surface area contributed by atoms with Crippen molar-refractivity contribution in [2.45, 2.75) is 20.3 Å². The largest absolute Gasteiger partial charge is 0.303 e. The third-order valence-corrected chi connectivity index (χ3v) is 2.13. The third kappa shape index (κ3) is 2.91. The standard InChI is InChI=1S/C12H10O.C2H6/c13-8-7-10-5-6-11-3-1-2-4-12(11)9-10;1-2/h1-6,8-9H,7H2;1-2H3. The van der Waals surface area contributed by atoms with Gasteiger partial charge in [0.2, 0.25) is 0 Å². The average molecular weight is 200 g/mol. The van der Waals surface area contributed by atoms with E-state index in [2.05, 4.69) is 18.2 Å². The minimum Gasteiger partial charge on any atom is -0.303 e. The van der Waals surface area contributed by atoms with Gasteiger partial charge < -0.3 is 4.79 Å². The van der Waals surface area contributed by atoms with Gasteiger partial charge in [0, 0.05) is 6.42 Å². The Kier molecular flexibility index (Phi) is 4.55. The Morgan fingerprint density at radius 1 is 1.00 bits per heavy atom. The first-order chi connectivity index (χ1) is 7.40. The molecule has 0 heterocycles. The molecule has 1 heteroatoms. The van der Waals surface area contributed by atoms with Gasteiger partial charge in [0.25, 0.3) is 0 Å². The fraction of sp³-hybridized carbons (Fsp3) is 0.214. The highest BCUT2D eigenvalue weighted by atomic mass is 16.1. The van der Waals surface area contributed by atoms with E-state index in [9.17, 15) is 4.79 Å². The Labute approximate surface area is 90.7 Å². The highest BCUT2D eigenvalue weighted by Gasteiger charge is 1.94. The molecule has 0 N–H and O–H groups in total. The summed E-state index contributed by atoms with van der Waals surface area (Å²) in [4.78, 5) is 10.3. The van der Waals surface area contributed by atoms with Crippen LogP contribution in [-0.2, 0) is 11.2 Å². The maximum absolute atomic E-state index is 10.3. The summed E-state index contributed by atoms with van der Waals surface area (Å²) in [6, 6.07) is 14.3. The van der Waals surface area contributed by atoms with Crippen LogP contribution in [0.3, 0.4) is 0 Å². The van der Waals surface area contributed by atoms with Crippen molar-refractivity contribution in [1.82, 2.24) is 0 Å². The second kappa shape index (κ2) is 5.97. The predicted octanol–water partition coefficient (Wildman–Crippen LogP) is 3.61. The van der Waals surface area contributed by atoms with Gasteiger partial charge >= 0.3 is 0 Å². The SMILES string of the molecule is CC.O=CCc1ccc2ccccc2c1. The van der Waals surface area contributed by atoms with E-state index in [1.54, 1.807) is 0 Å². The minimum absolute atomic E-state index is 0.505. The van der Waals surface area contributed by atoms with E-state index in [1.165, 1.54) is 10.8 Å². The van der Waals surface area contributed by atoms with Crippen LogP contribution in [0.1, 0.15) is 19.4 Å². The molecule has 15 heavy (non-hydrogen) atoms. The molecule has 1 nitrogen and oxygen atoms in total. The Morgan fingerprint density at radius 2 is 1.67 bits per heavy atom. The van der Waals surface area contributed by atoms with Crippen molar-refractivity contribution in [1.29, 1.82) is 0 Å². The number of fused-ring (bicyclic) bond motifs is 1. The van der Waals surface area contributed by atoms with Gasteiger partial charge in [-0.2, -0.15) is 0 Å². The van der Waals surface area contributed by atoms with Crippen LogP contribution in [0.15, 0.2) is 42.5 Å². The highest BCUT2D eigenvalue weighted by molar-refractivity contribution is 5.83. The van der Waals surface area contributed by atoms with E-state index in [1.807, 2.05) is 38.1 Å². The van der Waals surface area contributed by atoms with Crippen LogP contribution in [0.2, 0.25) is 0 Å². The van der Waals surface area contributed by atoms with Crippen LogP contribution in [0.4, 0.5) is 0 Å². The zero-order valence-corrected chi connectivity index (χ0v) is 9.23. The number of carbonyl (C=O) groups is 1. The van der Waals surface area contributed by atoms with Crippen molar-refractivity contribution < 1.29 is 4.79 Å². The maximum atomic E-state index is 10.3. The number of aldehydes is 1. The Balaban J connectivity index is 0.000000531. The average Bonchev–Trinajstić information content (AvgIpc) is 2.32. The molecule has 0 aromatic heterocycles. The normalized spacial score (nSPS) is 9.20. The van der Waals surface area contributed by atoms with E-state index in [0.717, 1.165) is 11.8 Å². The number of hydrogen-bond acceptors (Lipinski definition) is 1. The van der Waals surface area contributed by atoms with Gasteiger partial charge in [-0.3, -0.25) is 0 Å². The molecule has 2 aromatic carbocycles. The van der Waals surface area contributed by atoms with Gasteiger partial charge in [-0.15, -0.1) is 0 Å². The van der Waals surface area contributed by atoms with Crippen molar-refractivity contribution >= 4 is 17.1 Å². The molecule has 0 saturated carbocycles. The Hall–Kier alpha value is -1.63. The summed E-state index contributed by atoms with van der Waals surface area (Å²) in [5.74, 6) is 0. The summed E-state index contributed by atoms with van der Waals surface area (Å²) in [5, 5.41) is 2.42. The van der Waals surface area contributed by atoms with Crippen molar-refractivity contribution in [3.8, 4) is 0 Å². The lowest BCUT2D eigenvalue weighted by Gasteiger charge is -1.99. The first-order valence-electron chi connectivity index (χ1n) is 5.31. The summed E-state index contributed by atoms with van der Waals surface area (Å²) < 4.78 is 0. The molecular formula is C14H16O. The number of rotatable bonds is 2. The Morgan fingerprint density at radius 3 is 2.33 bits per heavy atom. The molecule has 0 saturated heterocycles. The van der Waals surface area contributed by atoms with Gasteiger partial charge in [-0.1, -0.05) is 56.3 Å². The fourth-order valence-electron chi connectivity index (χ4n) is 1.46. The number of carbonyl (C=O) groups excluding carboxylic acids is 1. The molecule has 0 radical (unpaired) electrons. The van der Waals surface area contributed by atoms with Crippen molar-refractivity contribution in [3.05, 3.63) is 48.0 Å². The smallest absolute Gasteiger partial charge is 0.124 e. The van der Waals surface area contributed by atoms with Crippen LogP contribution >= 0.6 is 0 Å². The van der Waals surface area contributed by atoms with Crippen LogP contribution in [0.5, 0.6) is 0 Å². The molecule has 0 unspecified atom stereocenters. The maximum Gasteiger partial charge on any atom is 0.124 e. The van der Waals surface area contributed by atoms with Gasteiger partial charge in [0.15, 0.2) is 0 Å². The fourth-order valence-corrected chi connectivity index (χ4v) is 1.46. The lowest BCUT2D eigenvalue weighted by atomic mass is 10.1. The zero-order chi connectivity index (χ0) is 11.1. The predicted molar refractivity (Wildman–Crippen MR) is 65.1 cm³/mol. The van der Waals surface area contributed by atoms with Crippen LogP contribution < -0.4 is 0 Å². The lowest BCUT2D eigenvalue weighted by molar-refractivity contribution is -0.107. The van der Waals surface area contributed by atoms with Crippen LogP contribution in [0.25, 0.3) is 10.8 Å². The monoisotopic (exact) mass is 200 g/mol. The minimum atomic E-state index is 0.505. The molecule has 0 atom stereocenters. The van der Waals surface area contributed by atoms with Crippen LogP contribution in [-0.4, -0.2) is 6.29 Å². The van der Waals surface area contributed by atoms with E-state index in [-0.39, 0.29) is 0 Å². The van der Waals surface area contributed by atoms with Crippen molar-refractivity contribution in [2.75, 3.05) is 0 Å². The van der Waals surface area contributed by atoms with Gasteiger partial charge in [0.05, 0.1) is 0 Å². The topological polar surface area (TPSA) is 17.1 Å². The second-order valence-electron chi connectivity index (χ2n) is 3.05. The van der Waals surface area contributed by atoms with E-state index in [4.69, 9.17) is 0 Å². The van der Waals surface area contributed by atoms with Crippen molar-refractivity contribution in [2.24, 2.45) is 0 Å². The summed E-state index contributed by atoms with van der Waals surface area (Å²) in [7, 11) is 0. The summed E-state index contributed by atoms with van der Waals surface area (Å²) in [6.45, 7) is 4.00. The van der Waals surface area contributed by atoms with Crippen LogP contribution in [0, 0.1) is 0 Å². The number of benzene rings is 2. The van der Waals surface area contributed by atoms with Gasteiger partial charge in [-0.25, -0.2) is 0 Å². The summed E-state index contributed by atoms with van der Waals surface area (Å²) >= 11 is 0. The second-order valence-corrected chi connectivity index (χ2v) is 3.05. The van der Waals surface area contributed by atoms with E-state index < -0.39 is 0 Å². The molecule has 0 aliphatic heterocycles. The highest BCUT2D eigenvalue weighted by Crippen LogP contribution is 2.15. The van der Waals surface area contributed by atoms with Gasteiger partial charge in [-0.05, 0) is 16.3 Å². The molecule has 2 rings (SSSR count). The quantitative estimate of drug-likeness (QED) is 0.677. The lowest BCUT2D eigenvalue weighted by Crippen LogP contribution is -1.84. The van der Waals surface area contributed by atoms with Gasteiger partial charge in [0.1, 0.15) is 6.29 Å². The summed E-state index contributed by atoms with van der Waals surface area (Å²) in [6.07, 6.45) is 1.44. The van der Waals surface area contributed by atoms with E-state index >= 15 is 0 Å². The molecule has 0 aliphatic rings. The number of hydrogen-bond donors (Lipinski definition) is 0. The first kappa shape index (κ1) is 11.4. The molecule has 0 fully saturated rings. The molecule has 0 bridgehead atoms. The summed E-state index contributed by atoms with van der Waals surface area (Å²) in [5.41, 5.74) is 1.08. The third-order valence-electron chi connectivity index (χ3n) is 2.13. The molecule has 0 aliphatic carbocycles. The molecule has 2 aromatic rings. The first-order valence-corrected chi connectivity index (χ1v) is 5.31. The Bertz CT molecular complexity index is 432. The molecule has 0 spiro atoms. The zero-order valence-electron chi connectivity index (χ0n) is 9.23. The van der Waals surface area contributed by atoms with Crippen molar-refractivity contribution in [3.63, 3.8) is 0 Å². The van der Waals surface area contributed by atoms with E-state index in [0.29, 0.717) is 6.42 Å². The molecule has 0 amide bonds. The molecule has 78 valence electrons.